The van der Waals surface area contributed by atoms with E-state index in [1.807, 2.05) is 19.1 Å². The minimum absolute atomic E-state index is 0.203. The van der Waals surface area contributed by atoms with Crippen LogP contribution in [-0.2, 0) is 12.8 Å². The van der Waals surface area contributed by atoms with Gasteiger partial charge in [-0.15, -0.1) is 22.7 Å². The molecule has 3 aromatic heterocycles. The molecular weight excluding hydrogens is 364 g/mol. The summed E-state index contributed by atoms with van der Waals surface area (Å²) < 4.78 is 0. The van der Waals surface area contributed by atoms with E-state index in [0.29, 0.717) is 21.1 Å². The van der Waals surface area contributed by atoms with E-state index >= 15 is 0 Å². The van der Waals surface area contributed by atoms with Gasteiger partial charge in [0.25, 0.3) is 5.91 Å². The Balaban J connectivity index is 1.63. The van der Waals surface area contributed by atoms with Crippen LogP contribution in [0.4, 0.5) is 5.00 Å². The van der Waals surface area contributed by atoms with Gasteiger partial charge in [0.1, 0.15) is 21.0 Å². The number of thiophene rings is 1. The molecule has 1 N–H and O–H groups in total. The fourth-order valence-electron chi connectivity index (χ4n) is 3.15. The van der Waals surface area contributed by atoms with Crippen molar-refractivity contribution in [1.82, 2.24) is 9.97 Å². The van der Waals surface area contributed by atoms with E-state index in [4.69, 9.17) is 0 Å². The van der Waals surface area contributed by atoms with Gasteiger partial charge in [0.15, 0.2) is 0 Å². The Labute approximate surface area is 159 Å². The van der Waals surface area contributed by atoms with Crippen LogP contribution in [0.3, 0.4) is 0 Å². The number of anilines is 1. The first-order valence-corrected chi connectivity index (χ1v) is 10.0. The van der Waals surface area contributed by atoms with E-state index < -0.39 is 0 Å². The molecular formula is C19H16N4OS2. The Kier molecular flexibility index (Phi) is 4.53. The zero-order chi connectivity index (χ0) is 18.1. The Bertz CT molecular complexity index is 1010. The summed E-state index contributed by atoms with van der Waals surface area (Å²) in [5, 5.41) is 13.9. The van der Waals surface area contributed by atoms with Crippen LogP contribution in [0.25, 0.3) is 10.6 Å². The largest absolute Gasteiger partial charge is 0.312 e. The van der Waals surface area contributed by atoms with E-state index in [-0.39, 0.29) is 5.91 Å². The molecule has 0 saturated carbocycles. The van der Waals surface area contributed by atoms with Gasteiger partial charge in [-0.05, 0) is 50.3 Å². The second-order valence-electron chi connectivity index (χ2n) is 6.16. The van der Waals surface area contributed by atoms with Gasteiger partial charge >= 0.3 is 0 Å². The maximum atomic E-state index is 12.8. The topological polar surface area (TPSA) is 78.7 Å². The maximum absolute atomic E-state index is 12.8. The Hall–Kier alpha value is -2.56. The number of aromatic nitrogens is 2. The molecule has 0 atom stereocenters. The van der Waals surface area contributed by atoms with Crippen molar-refractivity contribution in [2.75, 3.05) is 5.32 Å². The number of nitrogens with one attached hydrogen (secondary N) is 1. The van der Waals surface area contributed by atoms with Crippen LogP contribution in [0.1, 0.15) is 44.2 Å². The van der Waals surface area contributed by atoms with Gasteiger partial charge in [0.2, 0.25) is 0 Å². The summed E-state index contributed by atoms with van der Waals surface area (Å²) in [6, 6.07) is 6.05. The molecule has 0 spiro atoms. The molecule has 130 valence electrons. The van der Waals surface area contributed by atoms with Crippen molar-refractivity contribution in [3.63, 3.8) is 0 Å². The van der Waals surface area contributed by atoms with Crippen LogP contribution >= 0.6 is 22.7 Å². The molecule has 0 saturated heterocycles. The maximum Gasteiger partial charge on any atom is 0.268 e. The summed E-state index contributed by atoms with van der Waals surface area (Å²) in [7, 11) is 0. The molecule has 0 aromatic carbocycles. The van der Waals surface area contributed by atoms with Crippen LogP contribution in [0.15, 0.2) is 24.5 Å². The molecule has 5 nitrogen and oxygen atoms in total. The Morgan fingerprint density at radius 2 is 2.15 bits per heavy atom. The fourth-order valence-corrected chi connectivity index (χ4v) is 5.34. The quantitative estimate of drug-likeness (QED) is 0.721. The minimum atomic E-state index is -0.203. The van der Waals surface area contributed by atoms with Crippen LogP contribution < -0.4 is 5.32 Å². The molecule has 0 aliphatic heterocycles. The third kappa shape index (κ3) is 3.02. The molecule has 0 unspecified atom stereocenters. The molecule has 3 heterocycles. The number of fused-ring (bicyclic) bond motifs is 1. The second kappa shape index (κ2) is 6.98. The second-order valence-corrected chi connectivity index (χ2v) is 8.26. The highest BCUT2D eigenvalue weighted by Crippen LogP contribution is 2.38. The number of nitriles is 1. The first kappa shape index (κ1) is 16.9. The molecule has 3 aromatic rings. The lowest BCUT2D eigenvalue weighted by atomic mass is 9.96. The molecule has 26 heavy (non-hydrogen) atoms. The van der Waals surface area contributed by atoms with Gasteiger partial charge in [-0.1, -0.05) is 0 Å². The molecule has 4 rings (SSSR count). The van der Waals surface area contributed by atoms with Gasteiger partial charge in [0.05, 0.1) is 11.3 Å². The van der Waals surface area contributed by atoms with Gasteiger partial charge in [-0.25, -0.2) is 4.98 Å². The van der Waals surface area contributed by atoms with Gasteiger partial charge in [-0.2, -0.15) is 5.26 Å². The number of rotatable bonds is 3. The van der Waals surface area contributed by atoms with E-state index in [1.54, 1.807) is 12.4 Å². The summed E-state index contributed by atoms with van der Waals surface area (Å²) in [5.74, 6) is -0.203. The zero-order valence-corrected chi connectivity index (χ0v) is 15.8. The molecule has 0 radical (unpaired) electrons. The van der Waals surface area contributed by atoms with Crippen molar-refractivity contribution in [3.8, 4) is 16.6 Å². The first-order chi connectivity index (χ1) is 12.7. The lowest BCUT2D eigenvalue weighted by molar-refractivity contribution is 0.103. The number of amides is 1. The van der Waals surface area contributed by atoms with Crippen molar-refractivity contribution in [2.45, 2.75) is 32.6 Å². The predicted octanol–water partition coefficient (Wildman–Crippen LogP) is 4.58. The van der Waals surface area contributed by atoms with Crippen LogP contribution in [0.5, 0.6) is 0 Å². The molecule has 1 aliphatic carbocycles. The van der Waals surface area contributed by atoms with E-state index in [2.05, 4.69) is 21.4 Å². The standard InChI is InChI=1S/C19H16N4OS2/c1-11-16(26-18(22-11)12-5-4-8-21-10-12)17(24)23-19-14(9-20)13-6-2-3-7-15(13)25-19/h4-5,8,10H,2-3,6-7H2,1H3,(H,23,24). The average molecular weight is 380 g/mol. The number of pyridine rings is 1. The molecule has 1 amide bonds. The Morgan fingerprint density at radius 1 is 1.31 bits per heavy atom. The monoisotopic (exact) mass is 380 g/mol. The molecule has 0 fully saturated rings. The Morgan fingerprint density at radius 3 is 2.92 bits per heavy atom. The lowest BCUT2D eigenvalue weighted by Crippen LogP contribution is -2.11. The van der Waals surface area contributed by atoms with Crippen molar-refractivity contribution in [3.05, 3.63) is 51.1 Å². The summed E-state index contributed by atoms with van der Waals surface area (Å²) in [4.78, 5) is 23.2. The summed E-state index contributed by atoms with van der Waals surface area (Å²) in [6.45, 7) is 1.83. The number of carbonyl (C=O) groups excluding carboxylic acids is 1. The van der Waals surface area contributed by atoms with Crippen LogP contribution in [-0.4, -0.2) is 15.9 Å². The van der Waals surface area contributed by atoms with Gasteiger partial charge in [0, 0.05) is 22.8 Å². The van der Waals surface area contributed by atoms with Crippen molar-refractivity contribution in [1.29, 1.82) is 5.26 Å². The van der Waals surface area contributed by atoms with E-state index in [1.165, 1.54) is 27.6 Å². The minimum Gasteiger partial charge on any atom is -0.312 e. The van der Waals surface area contributed by atoms with Gasteiger partial charge < -0.3 is 5.32 Å². The smallest absolute Gasteiger partial charge is 0.268 e. The number of hydrogen-bond donors (Lipinski definition) is 1. The highest BCUT2D eigenvalue weighted by molar-refractivity contribution is 7.18. The molecule has 1 aliphatic rings. The summed E-state index contributed by atoms with van der Waals surface area (Å²) >= 11 is 2.89. The van der Waals surface area contributed by atoms with E-state index in [9.17, 15) is 10.1 Å². The number of hydrogen-bond acceptors (Lipinski definition) is 6. The van der Waals surface area contributed by atoms with E-state index in [0.717, 1.165) is 41.8 Å². The third-order valence-corrected chi connectivity index (χ3v) is 6.83. The van der Waals surface area contributed by atoms with Crippen LogP contribution in [0, 0.1) is 18.3 Å². The highest BCUT2D eigenvalue weighted by Gasteiger charge is 2.23. The van der Waals surface area contributed by atoms with Crippen LogP contribution in [0.2, 0.25) is 0 Å². The number of aryl methyl sites for hydroxylation is 2. The number of carbonyl (C=O) groups is 1. The zero-order valence-electron chi connectivity index (χ0n) is 14.2. The predicted molar refractivity (Wildman–Crippen MR) is 104 cm³/mol. The average Bonchev–Trinajstić information content (AvgIpc) is 3.22. The van der Waals surface area contributed by atoms with Crippen molar-refractivity contribution < 1.29 is 4.79 Å². The molecule has 7 heteroatoms. The SMILES string of the molecule is Cc1nc(-c2cccnc2)sc1C(=O)Nc1sc2c(c1C#N)CCCC2. The van der Waals surface area contributed by atoms with Crippen molar-refractivity contribution >= 4 is 33.6 Å². The van der Waals surface area contributed by atoms with Crippen molar-refractivity contribution in [2.24, 2.45) is 0 Å². The third-order valence-electron chi connectivity index (χ3n) is 4.42. The summed E-state index contributed by atoms with van der Waals surface area (Å²) in [6.07, 6.45) is 7.62. The number of nitrogens with zero attached hydrogens (tertiary/aromatic N) is 3. The fraction of sp³-hybridized carbons (Fsp3) is 0.263. The first-order valence-electron chi connectivity index (χ1n) is 8.41. The van der Waals surface area contributed by atoms with Gasteiger partial charge in [-0.3, -0.25) is 9.78 Å². The molecule has 0 bridgehead atoms. The lowest BCUT2D eigenvalue weighted by Gasteiger charge is -2.09. The highest BCUT2D eigenvalue weighted by atomic mass is 32.1. The normalized spacial score (nSPS) is 13.1. The summed E-state index contributed by atoms with van der Waals surface area (Å²) in [5.41, 5.74) is 3.33. The number of thiazole rings is 1.